The third kappa shape index (κ3) is 6.24. The molecule has 8 N–H and O–H groups in total. The van der Waals surface area contributed by atoms with E-state index in [0.29, 0.717) is 5.56 Å². The first-order valence-electron chi connectivity index (χ1n) is 12.9. The number of benzene rings is 3. The molecule has 0 amide bonds. The predicted octanol–water partition coefficient (Wildman–Crippen LogP) is 1.46. The number of fused-ring (bicyclic) bond motifs is 1. The van der Waals surface area contributed by atoms with E-state index in [2.05, 4.69) is 0 Å². The van der Waals surface area contributed by atoms with Crippen LogP contribution in [0.5, 0.6) is 28.7 Å². The number of rotatable bonds is 7. The molecule has 0 aliphatic carbocycles. The highest BCUT2D eigenvalue weighted by Crippen LogP contribution is 2.37. The minimum absolute atomic E-state index is 0.0564. The van der Waals surface area contributed by atoms with Gasteiger partial charge < -0.3 is 54.4 Å². The molecule has 13 heteroatoms. The van der Waals surface area contributed by atoms with Gasteiger partial charge in [0.2, 0.25) is 23.6 Å². The number of aliphatic hydroxyl groups excluding tert-OH is 2. The van der Waals surface area contributed by atoms with Gasteiger partial charge in [-0.05, 0) is 48.0 Å². The summed E-state index contributed by atoms with van der Waals surface area (Å²) in [5.41, 5.74) is -0.277. The fraction of sp³-hybridized carbons (Fsp3) is 0.200. The summed E-state index contributed by atoms with van der Waals surface area (Å²) in [5, 5.41) is 68.5. The van der Waals surface area contributed by atoms with Gasteiger partial charge in [0.25, 0.3) is 0 Å². The smallest absolute Gasteiger partial charge is 0.330 e. The van der Waals surface area contributed by atoms with Gasteiger partial charge in [-0.1, -0.05) is 12.1 Å². The molecule has 1 aromatic heterocycles. The Morgan fingerprint density at radius 2 is 1.56 bits per heavy atom. The van der Waals surface area contributed by atoms with Crippen LogP contribution in [0.3, 0.4) is 0 Å². The molecule has 1 aliphatic rings. The van der Waals surface area contributed by atoms with E-state index in [1.54, 1.807) is 12.1 Å². The Bertz CT molecular complexity index is 1710. The molecule has 0 saturated carbocycles. The summed E-state index contributed by atoms with van der Waals surface area (Å²) in [6.45, 7) is -0.520. The molecule has 3 unspecified atom stereocenters. The normalized spacial score (nSPS) is 22.1. The molecule has 0 bridgehead atoms. The molecule has 5 atom stereocenters. The number of hydrogen-bond donors (Lipinski definition) is 6. The first-order valence-corrected chi connectivity index (χ1v) is 12.9. The summed E-state index contributed by atoms with van der Waals surface area (Å²) in [7, 11) is 0. The van der Waals surface area contributed by atoms with Crippen molar-refractivity contribution in [1.29, 1.82) is 0 Å². The fourth-order valence-electron chi connectivity index (χ4n) is 4.43. The number of esters is 1. The average molecular weight is 596 g/mol. The SMILES string of the molecule is O=C(/C=C/c1ccc(O)cc1)OCC1O[C@@H](Oc2c(-c3ccc(O)cc3)oc3cc(O)cc(O)c3c2=O)C(O)C(O)[C@@H]1[OH2+]. The Balaban J connectivity index is 1.42. The number of hydrogen-bond acceptors (Lipinski definition) is 12. The molecular weight excluding hydrogens is 568 g/mol. The van der Waals surface area contributed by atoms with Gasteiger partial charge in [0.05, 0.1) is 0 Å². The maximum absolute atomic E-state index is 13.5. The molecule has 0 spiro atoms. The largest absolute Gasteiger partial charge is 0.508 e. The van der Waals surface area contributed by atoms with Crippen molar-refractivity contribution in [3.05, 3.63) is 82.5 Å². The Labute approximate surface area is 242 Å². The molecule has 1 fully saturated rings. The Hall–Kier alpha value is -5.08. The Morgan fingerprint density at radius 3 is 2.23 bits per heavy atom. The van der Waals surface area contributed by atoms with Gasteiger partial charge in [-0.3, -0.25) is 4.79 Å². The maximum Gasteiger partial charge on any atom is 0.330 e. The monoisotopic (exact) mass is 595 g/mol. The van der Waals surface area contributed by atoms with Crippen LogP contribution in [0, 0.1) is 0 Å². The molecule has 0 radical (unpaired) electrons. The zero-order chi connectivity index (χ0) is 30.8. The summed E-state index contributed by atoms with van der Waals surface area (Å²) in [4.78, 5) is 25.8. The van der Waals surface area contributed by atoms with Gasteiger partial charge in [0.15, 0.2) is 18.0 Å². The van der Waals surface area contributed by atoms with Crippen LogP contribution in [0.4, 0.5) is 0 Å². The van der Waals surface area contributed by atoms with Crippen molar-refractivity contribution >= 4 is 23.0 Å². The molecule has 3 aromatic carbocycles. The molecule has 2 heterocycles. The summed E-state index contributed by atoms with van der Waals surface area (Å²) >= 11 is 0. The van der Waals surface area contributed by atoms with Crippen LogP contribution in [0.1, 0.15) is 5.56 Å². The number of carbonyl (C=O) groups is 1. The summed E-state index contributed by atoms with van der Waals surface area (Å²) in [6, 6.07) is 13.5. The van der Waals surface area contributed by atoms with Crippen molar-refractivity contribution in [2.45, 2.75) is 30.7 Å². The van der Waals surface area contributed by atoms with Crippen molar-refractivity contribution in [3.8, 4) is 40.1 Å². The number of phenolic OH excluding ortho intramolecular Hbond substituents is 4. The topological polar surface area (TPSA) is 219 Å². The van der Waals surface area contributed by atoms with Gasteiger partial charge in [-0.15, -0.1) is 0 Å². The van der Waals surface area contributed by atoms with Gasteiger partial charge in [0, 0.05) is 23.8 Å². The van der Waals surface area contributed by atoms with Crippen LogP contribution in [0.15, 0.2) is 76.0 Å². The lowest BCUT2D eigenvalue weighted by molar-refractivity contribution is -0.278. The van der Waals surface area contributed by atoms with Crippen LogP contribution in [0.2, 0.25) is 0 Å². The third-order valence-corrected chi connectivity index (χ3v) is 6.68. The van der Waals surface area contributed by atoms with E-state index in [0.717, 1.165) is 18.2 Å². The van der Waals surface area contributed by atoms with E-state index in [9.17, 15) is 40.2 Å². The maximum atomic E-state index is 13.5. The first-order chi connectivity index (χ1) is 20.5. The van der Waals surface area contributed by atoms with Crippen LogP contribution in [-0.2, 0) is 14.3 Å². The van der Waals surface area contributed by atoms with Gasteiger partial charge in [0.1, 0.15) is 46.7 Å². The van der Waals surface area contributed by atoms with Gasteiger partial charge in [-0.2, -0.15) is 0 Å². The summed E-state index contributed by atoms with van der Waals surface area (Å²) < 4.78 is 22.4. The van der Waals surface area contributed by atoms with Crippen molar-refractivity contribution in [2.24, 2.45) is 0 Å². The molecule has 1 saturated heterocycles. The summed E-state index contributed by atoms with van der Waals surface area (Å²) in [6.07, 6.45) is -5.56. The predicted molar refractivity (Wildman–Crippen MR) is 150 cm³/mol. The highest BCUT2D eigenvalue weighted by Gasteiger charge is 2.49. The molecular formula is C30H27O13+. The lowest BCUT2D eigenvalue weighted by Crippen LogP contribution is -2.60. The lowest BCUT2D eigenvalue weighted by atomic mass is 9.99. The number of aliphatic hydroxyl groups is 2. The molecule has 1 aliphatic heterocycles. The quantitative estimate of drug-likeness (QED) is 0.102. The van der Waals surface area contributed by atoms with Crippen molar-refractivity contribution in [1.82, 2.24) is 0 Å². The molecule has 13 nitrogen and oxygen atoms in total. The highest BCUT2D eigenvalue weighted by molar-refractivity contribution is 5.88. The highest BCUT2D eigenvalue weighted by atomic mass is 16.7. The molecule has 224 valence electrons. The second kappa shape index (κ2) is 12.0. The van der Waals surface area contributed by atoms with Crippen molar-refractivity contribution < 1.29 is 59.2 Å². The number of phenols is 4. The van der Waals surface area contributed by atoms with E-state index in [-0.39, 0.29) is 39.5 Å². The van der Waals surface area contributed by atoms with Crippen molar-refractivity contribution in [3.63, 3.8) is 0 Å². The lowest BCUT2D eigenvalue weighted by Gasteiger charge is -2.37. The zero-order valence-corrected chi connectivity index (χ0v) is 22.2. The molecule has 5 rings (SSSR count). The van der Waals surface area contributed by atoms with E-state index in [4.69, 9.17) is 23.7 Å². The fourth-order valence-corrected chi connectivity index (χ4v) is 4.43. The Kier molecular flexibility index (Phi) is 8.23. The number of aromatic hydroxyl groups is 4. The zero-order valence-electron chi connectivity index (χ0n) is 22.2. The Morgan fingerprint density at radius 1 is 0.907 bits per heavy atom. The third-order valence-electron chi connectivity index (χ3n) is 6.68. The second-order valence-electron chi connectivity index (χ2n) is 9.70. The first kappa shape index (κ1) is 29.4. The minimum atomic E-state index is -1.83. The molecule has 43 heavy (non-hydrogen) atoms. The van der Waals surface area contributed by atoms with E-state index >= 15 is 0 Å². The van der Waals surface area contributed by atoms with Gasteiger partial charge >= 0.3 is 5.97 Å². The van der Waals surface area contributed by atoms with Crippen LogP contribution >= 0.6 is 0 Å². The molecule has 4 aromatic rings. The van der Waals surface area contributed by atoms with Crippen LogP contribution in [-0.4, -0.2) is 79.0 Å². The minimum Gasteiger partial charge on any atom is -0.508 e. The summed E-state index contributed by atoms with van der Waals surface area (Å²) in [5.74, 6) is -2.60. The van der Waals surface area contributed by atoms with E-state index in [1.807, 2.05) is 0 Å². The van der Waals surface area contributed by atoms with Crippen molar-refractivity contribution in [2.75, 3.05) is 6.61 Å². The second-order valence-corrected chi connectivity index (χ2v) is 9.70. The number of carbonyl (C=O) groups excluding carboxylic acids is 1. The van der Waals surface area contributed by atoms with Gasteiger partial charge in [-0.25, -0.2) is 4.79 Å². The number of ether oxygens (including phenoxy) is 3. The van der Waals surface area contributed by atoms with E-state index < -0.39 is 60.2 Å². The average Bonchev–Trinajstić information content (AvgIpc) is 2.97. The van der Waals surface area contributed by atoms with Crippen LogP contribution < -0.4 is 10.2 Å². The van der Waals surface area contributed by atoms with Crippen LogP contribution in [0.25, 0.3) is 28.4 Å². The van der Waals surface area contributed by atoms with E-state index in [1.165, 1.54) is 42.5 Å². The standard InChI is InChI=1S/C30H26O13/c31-16-6-1-14(2-7-16)3-10-22(35)40-13-21-24(36)26(38)27(39)30(42-21)43-29-25(37)23-19(34)11-18(33)12-20(23)41-28(29)15-4-8-17(32)9-5-15/h1-12,21,24,26-27,30-34,36,38-39H,13H2/p+1/b10-3+/t21?,24-,26?,27?,30+/m1/s1.